The molecule has 0 radical (unpaired) electrons. The second kappa shape index (κ2) is 8.18. The molecule has 0 unspecified atom stereocenters. The highest BCUT2D eigenvalue weighted by molar-refractivity contribution is 5.98. The number of aromatic carboxylic acids is 1. The molecule has 0 atom stereocenters. The van der Waals surface area contributed by atoms with E-state index in [1.807, 2.05) is 42.7 Å². The molecule has 1 aromatic heterocycles. The highest BCUT2D eigenvalue weighted by Crippen LogP contribution is 2.28. The van der Waals surface area contributed by atoms with Crippen molar-refractivity contribution in [1.82, 2.24) is 9.47 Å². The summed E-state index contributed by atoms with van der Waals surface area (Å²) in [6.07, 6.45) is 0. The Bertz CT molecular complexity index is 1120. The Morgan fingerprint density at radius 2 is 1.48 bits per heavy atom. The molecule has 1 amide bonds. The van der Waals surface area contributed by atoms with E-state index < -0.39 is 5.97 Å². The molecule has 1 fully saturated rings. The van der Waals surface area contributed by atoms with Crippen LogP contribution in [0, 0.1) is 13.8 Å². The topological polar surface area (TPSA) is 86.0 Å². The lowest BCUT2D eigenvalue weighted by molar-refractivity contribution is 0.0693. The van der Waals surface area contributed by atoms with Crippen molar-refractivity contribution in [3.63, 3.8) is 0 Å². The number of phenolic OH excluding ortho intramolecular Hbond substituents is 1. The summed E-state index contributed by atoms with van der Waals surface area (Å²) in [4.78, 5) is 28.8. The Kier molecular flexibility index (Phi) is 5.42. The quantitative estimate of drug-likeness (QED) is 0.676. The minimum Gasteiger partial charge on any atom is -0.506 e. The first kappa shape index (κ1) is 20.5. The van der Waals surface area contributed by atoms with Crippen molar-refractivity contribution in [3.05, 3.63) is 77.1 Å². The zero-order chi connectivity index (χ0) is 22.1. The van der Waals surface area contributed by atoms with Gasteiger partial charge in [-0.3, -0.25) is 4.79 Å². The molecule has 0 saturated carbocycles. The number of anilines is 1. The summed E-state index contributed by atoms with van der Waals surface area (Å²) in [5.41, 5.74) is 3.68. The van der Waals surface area contributed by atoms with Gasteiger partial charge < -0.3 is 24.6 Å². The lowest BCUT2D eigenvalue weighted by Gasteiger charge is -2.36. The Hall–Kier alpha value is -3.74. The molecular formula is C24H25N3O4. The maximum atomic E-state index is 13.2. The Morgan fingerprint density at radius 3 is 2.10 bits per heavy atom. The van der Waals surface area contributed by atoms with Gasteiger partial charge in [0.1, 0.15) is 5.75 Å². The third-order valence-electron chi connectivity index (χ3n) is 5.78. The Morgan fingerprint density at radius 1 is 0.839 bits per heavy atom. The first-order chi connectivity index (χ1) is 14.9. The monoisotopic (exact) mass is 419 g/mol. The molecule has 0 aliphatic carbocycles. The van der Waals surface area contributed by atoms with Crippen LogP contribution >= 0.6 is 0 Å². The summed E-state index contributed by atoms with van der Waals surface area (Å²) in [7, 11) is 0. The van der Waals surface area contributed by atoms with E-state index in [9.17, 15) is 19.8 Å². The van der Waals surface area contributed by atoms with Gasteiger partial charge in [0.05, 0.1) is 16.9 Å². The number of carboxylic acids is 1. The van der Waals surface area contributed by atoms with E-state index in [1.165, 1.54) is 6.07 Å². The van der Waals surface area contributed by atoms with Crippen LogP contribution in [0.15, 0.2) is 54.6 Å². The molecule has 1 aliphatic rings. The number of amides is 1. The van der Waals surface area contributed by atoms with Gasteiger partial charge >= 0.3 is 5.97 Å². The van der Waals surface area contributed by atoms with Gasteiger partial charge in [-0.1, -0.05) is 12.1 Å². The Labute approximate surface area is 180 Å². The highest BCUT2D eigenvalue weighted by atomic mass is 16.4. The van der Waals surface area contributed by atoms with Crippen LogP contribution in [-0.2, 0) is 0 Å². The molecule has 2 N–H and O–H groups in total. The van der Waals surface area contributed by atoms with Gasteiger partial charge in [-0.25, -0.2) is 4.79 Å². The van der Waals surface area contributed by atoms with Gasteiger partial charge in [0.2, 0.25) is 0 Å². The number of nitrogens with zero attached hydrogens (tertiary/aromatic N) is 3. The fourth-order valence-corrected chi connectivity index (χ4v) is 4.14. The number of rotatable bonds is 4. The normalized spacial score (nSPS) is 14.0. The number of aromatic nitrogens is 1. The number of aryl methyl sites for hydroxylation is 2. The number of hydrogen-bond donors (Lipinski definition) is 2. The second-order valence-corrected chi connectivity index (χ2v) is 7.76. The van der Waals surface area contributed by atoms with E-state index in [4.69, 9.17) is 0 Å². The number of para-hydroxylation sites is 2. The average Bonchev–Trinajstić information content (AvgIpc) is 3.11. The predicted octanol–water partition coefficient (Wildman–Crippen LogP) is 3.46. The van der Waals surface area contributed by atoms with Gasteiger partial charge in [-0.05, 0) is 56.3 Å². The molecule has 1 aliphatic heterocycles. The maximum absolute atomic E-state index is 13.2. The van der Waals surface area contributed by atoms with Gasteiger partial charge in [0.15, 0.2) is 0 Å². The molecule has 1 saturated heterocycles. The van der Waals surface area contributed by atoms with Crippen molar-refractivity contribution in [2.75, 3.05) is 31.1 Å². The van der Waals surface area contributed by atoms with Crippen molar-refractivity contribution < 1.29 is 19.8 Å². The van der Waals surface area contributed by atoms with Crippen molar-refractivity contribution >= 4 is 17.6 Å². The number of hydrogen-bond acceptors (Lipinski definition) is 4. The molecule has 31 heavy (non-hydrogen) atoms. The summed E-state index contributed by atoms with van der Waals surface area (Å²) in [5, 5.41) is 19.7. The molecule has 0 spiro atoms. The van der Waals surface area contributed by atoms with Crippen LogP contribution in [-0.4, -0.2) is 57.7 Å². The molecule has 3 aromatic rings. The van der Waals surface area contributed by atoms with Crippen molar-refractivity contribution in [3.8, 4) is 11.4 Å². The number of carboxylic acid groups (broad SMARTS) is 1. The van der Waals surface area contributed by atoms with Crippen LogP contribution in [0.3, 0.4) is 0 Å². The fourth-order valence-electron chi connectivity index (χ4n) is 4.14. The van der Waals surface area contributed by atoms with Crippen LogP contribution < -0.4 is 4.90 Å². The summed E-state index contributed by atoms with van der Waals surface area (Å²) in [5.74, 6) is -0.927. The average molecular weight is 419 g/mol. The largest absolute Gasteiger partial charge is 0.506 e. The second-order valence-electron chi connectivity index (χ2n) is 7.76. The number of carbonyl (C=O) groups excluding carboxylic acids is 1. The molecular weight excluding hydrogens is 394 g/mol. The third-order valence-corrected chi connectivity index (χ3v) is 5.78. The highest BCUT2D eigenvalue weighted by Gasteiger charge is 2.25. The SMILES string of the molecule is Cc1ccc(C)n1-c1cc(C(=O)N2CCN(c3ccccc3O)CC2)ccc1C(=O)O. The van der Waals surface area contributed by atoms with Crippen molar-refractivity contribution in [1.29, 1.82) is 0 Å². The van der Waals surface area contributed by atoms with Gasteiger partial charge in [-0.2, -0.15) is 0 Å². The number of aromatic hydroxyl groups is 1. The predicted molar refractivity (Wildman–Crippen MR) is 118 cm³/mol. The zero-order valence-corrected chi connectivity index (χ0v) is 17.6. The molecule has 7 heteroatoms. The van der Waals surface area contributed by atoms with Gasteiger partial charge in [0.25, 0.3) is 5.91 Å². The van der Waals surface area contributed by atoms with Crippen LogP contribution in [0.25, 0.3) is 5.69 Å². The fraction of sp³-hybridized carbons (Fsp3) is 0.250. The number of benzene rings is 2. The van der Waals surface area contributed by atoms with Gasteiger partial charge in [0, 0.05) is 43.1 Å². The maximum Gasteiger partial charge on any atom is 0.337 e. The molecule has 4 rings (SSSR count). The molecule has 7 nitrogen and oxygen atoms in total. The van der Waals surface area contributed by atoms with Crippen molar-refractivity contribution in [2.24, 2.45) is 0 Å². The summed E-state index contributed by atoms with van der Waals surface area (Å²) >= 11 is 0. The van der Waals surface area contributed by atoms with E-state index in [1.54, 1.807) is 29.2 Å². The number of carbonyl (C=O) groups is 2. The molecule has 2 heterocycles. The van der Waals surface area contributed by atoms with E-state index in [0.717, 1.165) is 17.1 Å². The standard InChI is InChI=1S/C24H25N3O4/c1-16-7-8-17(2)27(16)21-15-18(9-10-19(21)24(30)31)23(29)26-13-11-25(12-14-26)20-5-3-4-6-22(20)28/h3-10,15,28H,11-14H2,1-2H3,(H,30,31). The van der Waals surface area contributed by atoms with Crippen LogP contribution in [0.1, 0.15) is 32.1 Å². The zero-order valence-electron chi connectivity index (χ0n) is 17.6. The lowest BCUT2D eigenvalue weighted by Crippen LogP contribution is -2.48. The number of phenols is 1. The third kappa shape index (κ3) is 3.86. The van der Waals surface area contributed by atoms with E-state index in [2.05, 4.69) is 4.90 Å². The minimum absolute atomic E-state index is 0.127. The molecule has 0 bridgehead atoms. The minimum atomic E-state index is -1.03. The van der Waals surface area contributed by atoms with Crippen LogP contribution in [0.4, 0.5) is 5.69 Å². The smallest absolute Gasteiger partial charge is 0.337 e. The van der Waals surface area contributed by atoms with Gasteiger partial charge in [-0.15, -0.1) is 0 Å². The molecule has 160 valence electrons. The van der Waals surface area contributed by atoms with Crippen molar-refractivity contribution in [2.45, 2.75) is 13.8 Å². The lowest BCUT2D eigenvalue weighted by atomic mass is 10.1. The van der Waals surface area contributed by atoms with Crippen LogP contribution in [0.5, 0.6) is 5.75 Å². The van der Waals surface area contributed by atoms with E-state index >= 15 is 0 Å². The first-order valence-electron chi connectivity index (χ1n) is 10.2. The van der Waals surface area contributed by atoms with E-state index in [-0.39, 0.29) is 17.2 Å². The summed E-state index contributed by atoms with van der Waals surface area (Å²) in [6.45, 7) is 6.07. The van der Waals surface area contributed by atoms with Crippen LogP contribution in [0.2, 0.25) is 0 Å². The Balaban J connectivity index is 1.58. The number of piperazine rings is 1. The first-order valence-corrected chi connectivity index (χ1v) is 10.2. The molecule has 2 aromatic carbocycles. The van der Waals surface area contributed by atoms with E-state index in [0.29, 0.717) is 37.4 Å². The summed E-state index contributed by atoms with van der Waals surface area (Å²) in [6, 6.07) is 15.8. The summed E-state index contributed by atoms with van der Waals surface area (Å²) < 4.78 is 1.86.